The van der Waals surface area contributed by atoms with Crippen LogP contribution in [-0.2, 0) is 4.74 Å². The largest absolute Gasteiger partial charge is 0.459 e. The van der Waals surface area contributed by atoms with E-state index in [1.807, 2.05) is 0 Å². The van der Waals surface area contributed by atoms with Gasteiger partial charge in [0.05, 0.1) is 12.2 Å². The van der Waals surface area contributed by atoms with E-state index in [0.29, 0.717) is 5.52 Å². The Morgan fingerprint density at radius 1 is 1.61 bits per heavy atom. The van der Waals surface area contributed by atoms with Crippen LogP contribution in [0.15, 0.2) is 22.8 Å². The summed E-state index contributed by atoms with van der Waals surface area (Å²) in [5.74, 6) is -0.717. The summed E-state index contributed by atoms with van der Waals surface area (Å²) in [6.07, 6.45) is -1.13. The smallest absolute Gasteiger partial charge is 0.338 e. The average molecular weight is 254 g/mol. The number of benzene rings is 1. The second-order valence-electron chi connectivity index (χ2n) is 3.57. The van der Waals surface area contributed by atoms with E-state index in [1.165, 1.54) is 18.2 Å². The molecule has 0 spiro atoms. The molecule has 1 heterocycles. The maximum Gasteiger partial charge on any atom is 0.338 e. The quantitative estimate of drug-likeness (QED) is 0.528. The van der Waals surface area contributed by atoms with E-state index in [2.05, 4.69) is 9.79 Å². The van der Waals surface area contributed by atoms with Crippen LogP contribution in [0.25, 0.3) is 11.0 Å². The van der Waals surface area contributed by atoms with Crippen molar-refractivity contribution in [3.8, 4) is 0 Å². The van der Waals surface area contributed by atoms with Crippen molar-refractivity contribution in [2.24, 2.45) is 0 Å². The van der Waals surface area contributed by atoms with Gasteiger partial charge in [-0.1, -0.05) is 0 Å². The van der Waals surface area contributed by atoms with Crippen molar-refractivity contribution < 1.29 is 29.3 Å². The highest BCUT2D eigenvalue weighted by Gasteiger charge is 2.15. The summed E-state index contributed by atoms with van der Waals surface area (Å²) in [6.45, 7) is -0.826. The molecule has 96 valence electrons. The summed E-state index contributed by atoms with van der Waals surface area (Å²) in [5.41, 5.74) is 0.546. The molecule has 2 rings (SSSR count). The topological polar surface area (TPSA) is 120 Å². The van der Waals surface area contributed by atoms with Gasteiger partial charge in [-0.3, -0.25) is 4.63 Å². The third kappa shape index (κ3) is 2.39. The van der Waals surface area contributed by atoms with Gasteiger partial charge in [0.25, 0.3) is 0 Å². The molecule has 0 amide bonds. The van der Waals surface area contributed by atoms with Gasteiger partial charge in [0.15, 0.2) is 0 Å². The Kier molecular flexibility index (Phi) is 3.40. The Labute approximate surface area is 101 Å². The highest BCUT2D eigenvalue weighted by Crippen LogP contribution is 2.11. The van der Waals surface area contributed by atoms with Crippen molar-refractivity contribution in [2.75, 3.05) is 13.2 Å². The number of hydrogen-bond donors (Lipinski definition) is 2. The minimum absolute atomic E-state index is 0.104. The number of carbonyl (C=O) groups excluding carboxylic acids is 1. The number of carbonyl (C=O) groups is 1. The Bertz CT molecular complexity index is 566. The molecular formula is C10H10N2O6. The fourth-order valence-corrected chi connectivity index (χ4v) is 1.31. The van der Waals surface area contributed by atoms with Crippen LogP contribution in [0.4, 0.5) is 0 Å². The number of hydrogen-bond acceptors (Lipinski definition) is 7. The second-order valence-corrected chi connectivity index (χ2v) is 3.57. The SMILES string of the molecule is O=C(OCC(O)CO)c1ccc2no[n+]([O-])c2c1. The van der Waals surface area contributed by atoms with Crippen molar-refractivity contribution in [3.05, 3.63) is 29.0 Å². The fourth-order valence-electron chi connectivity index (χ4n) is 1.31. The van der Waals surface area contributed by atoms with Gasteiger partial charge in [0, 0.05) is 11.2 Å². The molecule has 1 atom stereocenters. The molecule has 8 heteroatoms. The number of aliphatic hydroxyl groups excluding tert-OH is 2. The first-order valence-electron chi connectivity index (χ1n) is 5.07. The molecule has 0 fully saturated rings. The molecule has 2 aromatic rings. The van der Waals surface area contributed by atoms with Crippen LogP contribution >= 0.6 is 0 Å². The highest BCUT2D eigenvalue weighted by molar-refractivity contribution is 5.92. The standard InChI is InChI=1S/C10H10N2O6/c13-4-7(14)5-17-10(15)6-1-2-8-9(3-6)12(16)18-11-8/h1-3,7,13-14H,4-5H2. The third-order valence-electron chi connectivity index (χ3n) is 2.24. The summed E-state index contributed by atoms with van der Waals surface area (Å²) in [6, 6.07) is 4.12. The Morgan fingerprint density at radius 2 is 2.39 bits per heavy atom. The second kappa shape index (κ2) is 4.98. The number of rotatable bonds is 4. The van der Waals surface area contributed by atoms with E-state index in [4.69, 9.17) is 14.9 Å². The van der Waals surface area contributed by atoms with E-state index in [1.54, 1.807) is 0 Å². The number of aromatic nitrogens is 2. The minimum atomic E-state index is -1.13. The number of esters is 1. The molecular weight excluding hydrogens is 244 g/mol. The molecule has 0 radical (unpaired) electrons. The van der Waals surface area contributed by atoms with Crippen molar-refractivity contribution in [3.63, 3.8) is 0 Å². The predicted octanol–water partition coefficient (Wildman–Crippen LogP) is -1.03. The fraction of sp³-hybridized carbons (Fsp3) is 0.300. The summed E-state index contributed by atoms with van der Waals surface area (Å²) < 4.78 is 9.09. The number of nitrogens with zero attached hydrogens (tertiary/aromatic N) is 2. The van der Waals surface area contributed by atoms with Crippen LogP contribution in [0.5, 0.6) is 0 Å². The molecule has 1 unspecified atom stereocenters. The van der Waals surface area contributed by atoms with Crippen molar-refractivity contribution in [1.82, 2.24) is 5.16 Å². The average Bonchev–Trinajstić information content (AvgIpc) is 2.76. The van der Waals surface area contributed by atoms with Crippen LogP contribution in [0.1, 0.15) is 10.4 Å². The molecule has 0 aliphatic heterocycles. The zero-order valence-electron chi connectivity index (χ0n) is 9.15. The van der Waals surface area contributed by atoms with Crippen LogP contribution in [0.3, 0.4) is 0 Å². The van der Waals surface area contributed by atoms with E-state index in [-0.39, 0.29) is 22.6 Å². The summed E-state index contributed by atoms with van der Waals surface area (Å²) in [7, 11) is 0. The first-order valence-corrected chi connectivity index (χ1v) is 5.07. The normalized spacial score (nSPS) is 12.6. The molecule has 8 nitrogen and oxygen atoms in total. The van der Waals surface area contributed by atoms with Gasteiger partial charge in [-0.05, 0) is 17.0 Å². The Morgan fingerprint density at radius 3 is 3.11 bits per heavy atom. The molecule has 1 aromatic heterocycles. The minimum Gasteiger partial charge on any atom is -0.459 e. The molecule has 0 aliphatic rings. The lowest BCUT2D eigenvalue weighted by Gasteiger charge is -2.07. The third-order valence-corrected chi connectivity index (χ3v) is 2.24. The summed E-state index contributed by atoms with van der Waals surface area (Å²) >= 11 is 0. The zero-order valence-corrected chi connectivity index (χ0v) is 9.15. The number of fused-ring (bicyclic) bond motifs is 1. The van der Waals surface area contributed by atoms with E-state index < -0.39 is 18.7 Å². The van der Waals surface area contributed by atoms with Gasteiger partial charge in [0.2, 0.25) is 11.0 Å². The van der Waals surface area contributed by atoms with Crippen molar-refractivity contribution in [1.29, 1.82) is 0 Å². The predicted molar refractivity (Wildman–Crippen MR) is 56.3 cm³/mol. The van der Waals surface area contributed by atoms with Crippen LogP contribution in [0, 0.1) is 5.21 Å². The molecule has 2 N–H and O–H groups in total. The van der Waals surface area contributed by atoms with Gasteiger partial charge in [-0.2, -0.15) is 0 Å². The maximum atomic E-state index is 11.6. The lowest BCUT2D eigenvalue weighted by Crippen LogP contribution is -2.23. The summed E-state index contributed by atoms with van der Waals surface area (Å²) in [4.78, 5) is 11.7. The molecule has 0 aliphatic carbocycles. The lowest BCUT2D eigenvalue weighted by molar-refractivity contribution is -0.782. The van der Waals surface area contributed by atoms with E-state index >= 15 is 0 Å². The van der Waals surface area contributed by atoms with E-state index in [9.17, 15) is 10.0 Å². The molecule has 0 saturated carbocycles. The lowest BCUT2D eigenvalue weighted by atomic mass is 10.2. The van der Waals surface area contributed by atoms with Crippen LogP contribution in [-0.4, -0.2) is 40.7 Å². The van der Waals surface area contributed by atoms with E-state index in [0.717, 1.165) is 0 Å². The van der Waals surface area contributed by atoms with Crippen molar-refractivity contribution in [2.45, 2.75) is 6.10 Å². The first-order chi connectivity index (χ1) is 8.61. The number of ether oxygens (including phenoxy) is 1. The molecule has 0 bridgehead atoms. The highest BCUT2D eigenvalue weighted by atomic mass is 16.8. The van der Waals surface area contributed by atoms with Gasteiger partial charge < -0.3 is 20.2 Å². The maximum absolute atomic E-state index is 11.6. The first kappa shape index (κ1) is 12.3. The summed E-state index contributed by atoms with van der Waals surface area (Å²) in [5, 5.41) is 32.2. The van der Waals surface area contributed by atoms with Gasteiger partial charge >= 0.3 is 5.97 Å². The Hall–Kier alpha value is -2.19. The van der Waals surface area contributed by atoms with Crippen LogP contribution in [0.2, 0.25) is 0 Å². The van der Waals surface area contributed by atoms with Gasteiger partial charge in [0.1, 0.15) is 12.7 Å². The zero-order chi connectivity index (χ0) is 13.1. The van der Waals surface area contributed by atoms with Crippen molar-refractivity contribution >= 4 is 17.0 Å². The van der Waals surface area contributed by atoms with Gasteiger partial charge in [-0.25, -0.2) is 4.79 Å². The Balaban J connectivity index is 2.15. The molecule has 1 aromatic carbocycles. The number of aliphatic hydroxyl groups is 2. The molecule has 0 saturated heterocycles. The van der Waals surface area contributed by atoms with Gasteiger partial charge in [-0.15, -0.1) is 0 Å². The molecule has 18 heavy (non-hydrogen) atoms. The monoisotopic (exact) mass is 254 g/mol. The van der Waals surface area contributed by atoms with Crippen LogP contribution < -0.4 is 4.90 Å².